The van der Waals surface area contributed by atoms with Crippen molar-refractivity contribution in [2.75, 3.05) is 31.9 Å². The van der Waals surface area contributed by atoms with E-state index in [9.17, 15) is 8.42 Å². The molecule has 2 aliphatic rings. The van der Waals surface area contributed by atoms with Crippen LogP contribution in [0.25, 0.3) is 0 Å². The van der Waals surface area contributed by atoms with Gasteiger partial charge in [-0.3, -0.25) is 9.80 Å². The van der Waals surface area contributed by atoms with Crippen LogP contribution in [0.3, 0.4) is 0 Å². The van der Waals surface area contributed by atoms with Crippen molar-refractivity contribution < 1.29 is 8.42 Å². The predicted molar refractivity (Wildman–Crippen MR) is 109 cm³/mol. The fourth-order valence-corrected chi connectivity index (χ4v) is 6.50. The third-order valence-corrected chi connectivity index (χ3v) is 8.12. The van der Waals surface area contributed by atoms with Gasteiger partial charge in [0, 0.05) is 38.8 Å². The quantitative estimate of drug-likeness (QED) is 0.795. The maximum atomic E-state index is 12.8. The molecule has 2 aliphatic heterocycles. The van der Waals surface area contributed by atoms with Crippen LogP contribution >= 0.6 is 0 Å². The smallest absolute Gasteiger partial charge is 0.157 e. The Balaban J connectivity index is 1.42. The number of nitrogens with zero attached hydrogens (tertiary/aromatic N) is 2. The number of piperidine rings is 1. The van der Waals surface area contributed by atoms with E-state index in [4.69, 9.17) is 0 Å². The minimum Gasteiger partial charge on any atom is -0.298 e. The van der Waals surface area contributed by atoms with Gasteiger partial charge in [-0.2, -0.15) is 0 Å². The minimum absolute atomic E-state index is 0.166. The summed E-state index contributed by atoms with van der Waals surface area (Å²) in [5.74, 6) is 0.294. The van der Waals surface area contributed by atoms with Crippen LogP contribution in [0.2, 0.25) is 0 Å². The average Bonchev–Trinajstić information content (AvgIpc) is 2.69. The number of hydrogen-bond acceptors (Lipinski definition) is 4. The van der Waals surface area contributed by atoms with E-state index in [1.807, 2.05) is 24.3 Å². The summed E-state index contributed by atoms with van der Waals surface area (Å²) < 4.78 is 25.6. The molecule has 4 nitrogen and oxygen atoms in total. The lowest BCUT2D eigenvalue weighted by Crippen LogP contribution is -2.61. The molecular formula is C22H28N2O2S. The lowest BCUT2D eigenvalue weighted by molar-refractivity contribution is 0.105. The van der Waals surface area contributed by atoms with Gasteiger partial charge >= 0.3 is 0 Å². The summed E-state index contributed by atoms with van der Waals surface area (Å²) in [7, 11) is -3.01. The summed E-state index contributed by atoms with van der Waals surface area (Å²) >= 11 is 0. The van der Waals surface area contributed by atoms with Crippen molar-refractivity contribution in [3.63, 3.8) is 0 Å². The Hall–Kier alpha value is -1.69. The highest BCUT2D eigenvalue weighted by Crippen LogP contribution is 2.28. The van der Waals surface area contributed by atoms with Crippen molar-refractivity contribution in [1.29, 1.82) is 0 Å². The monoisotopic (exact) mass is 384 g/mol. The molecule has 0 spiro atoms. The van der Waals surface area contributed by atoms with Crippen LogP contribution in [0.4, 0.5) is 0 Å². The van der Waals surface area contributed by atoms with Crippen LogP contribution in [-0.4, -0.2) is 61.4 Å². The van der Waals surface area contributed by atoms with E-state index in [1.54, 1.807) is 0 Å². The molecule has 0 aliphatic carbocycles. The van der Waals surface area contributed by atoms with Gasteiger partial charge in [0.2, 0.25) is 0 Å². The molecule has 2 heterocycles. The first-order chi connectivity index (χ1) is 13.1. The first-order valence-corrected chi connectivity index (χ1v) is 11.6. The second-order valence-electron chi connectivity index (χ2n) is 7.75. The molecule has 2 fully saturated rings. The summed E-state index contributed by atoms with van der Waals surface area (Å²) in [4.78, 5) is 4.74. The van der Waals surface area contributed by atoms with Gasteiger partial charge in [0.1, 0.15) is 0 Å². The number of fused-ring (bicyclic) bond motifs is 1. The maximum Gasteiger partial charge on any atom is 0.157 e. The molecule has 0 N–H and O–H groups in total. The van der Waals surface area contributed by atoms with Gasteiger partial charge in [0.15, 0.2) is 9.84 Å². The van der Waals surface area contributed by atoms with Crippen molar-refractivity contribution in [3.8, 4) is 0 Å². The normalized spacial score (nSPS) is 25.8. The van der Waals surface area contributed by atoms with Gasteiger partial charge in [-0.05, 0) is 24.0 Å². The third-order valence-electron chi connectivity index (χ3n) is 5.98. The highest BCUT2D eigenvalue weighted by molar-refractivity contribution is 7.92. The van der Waals surface area contributed by atoms with Gasteiger partial charge in [0.05, 0.1) is 11.0 Å². The van der Waals surface area contributed by atoms with E-state index >= 15 is 0 Å². The molecular weight excluding hydrogens is 356 g/mol. The molecule has 4 rings (SSSR count). The van der Waals surface area contributed by atoms with Gasteiger partial charge in [0.25, 0.3) is 0 Å². The van der Waals surface area contributed by atoms with Crippen molar-refractivity contribution >= 4 is 9.84 Å². The Morgan fingerprint density at radius 1 is 0.889 bits per heavy atom. The van der Waals surface area contributed by atoms with E-state index in [2.05, 4.69) is 46.2 Å². The van der Waals surface area contributed by atoms with E-state index < -0.39 is 9.84 Å². The number of likely N-dealkylation sites (tertiary alicyclic amines) is 1. The zero-order chi connectivity index (χ0) is 18.7. The first-order valence-electron chi connectivity index (χ1n) is 9.88. The predicted octanol–water partition coefficient (Wildman–Crippen LogP) is 2.60. The highest BCUT2D eigenvalue weighted by atomic mass is 32.2. The van der Waals surface area contributed by atoms with Crippen LogP contribution in [0.15, 0.2) is 60.7 Å². The number of benzene rings is 2. The second kappa shape index (κ2) is 8.13. The van der Waals surface area contributed by atoms with Gasteiger partial charge in [-0.15, -0.1) is 0 Å². The summed E-state index contributed by atoms with van der Waals surface area (Å²) in [5.41, 5.74) is 2.58. The Labute approximate surface area is 162 Å². The molecule has 0 amide bonds. The Morgan fingerprint density at radius 3 is 2.26 bits per heavy atom. The van der Waals surface area contributed by atoms with Gasteiger partial charge in [-0.1, -0.05) is 60.7 Å². The molecule has 0 unspecified atom stereocenters. The standard InChI is InChI=1S/C22H28N2O2S/c25-27(26)16-15-24(14-11-19-7-3-1-4-8-19)21-12-13-23(18-22(21)27)17-20-9-5-2-6-10-20/h1-10,21-22H,11-18H2/t21-,22+/m1/s1. The zero-order valence-corrected chi connectivity index (χ0v) is 16.5. The lowest BCUT2D eigenvalue weighted by Gasteiger charge is -2.46. The molecule has 5 heteroatoms. The molecule has 0 radical (unpaired) electrons. The Bertz CT molecular complexity index is 839. The van der Waals surface area contributed by atoms with Crippen molar-refractivity contribution in [3.05, 3.63) is 71.8 Å². The molecule has 0 saturated carbocycles. The molecule has 0 aromatic heterocycles. The van der Waals surface area contributed by atoms with Gasteiger partial charge in [-0.25, -0.2) is 8.42 Å². The number of rotatable bonds is 5. The molecule has 0 bridgehead atoms. The molecule has 2 aromatic rings. The van der Waals surface area contributed by atoms with Crippen molar-refractivity contribution in [2.24, 2.45) is 0 Å². The van der Waals surface area contributed by atoms with Crippen LogP contribution in [-0.2, 0) is 22.8 Å². The fourth-order valence-electron chi connectivity index (χ4n) is 4.48. The van der Waals surface area contributed by atoms with Crippen LogP contribution in [0.5, 0.6) is 0 Å². The highest BCUT2D eigenvalue weighted by Gasteiger charge is 2.44. The SMILES string of the molecule is O=S1(=O)CCN(CCc2ccccc2)[C@@H]2CCN(Cc3ccccc3)C[C@@H]21. The second-order valence-corrected chi connectivity index (χ2v) is 10.1. The van der Waals surface area contributed by atoms with Crippen LogP contribution in [0.1, 0.15) is 17.5 Å². The minimum atomic E-state index is -3.01. The summed E-state index contributed by atoms with van der Waals surface area (Å²) in [6.07, 6.45) is 1.92. The zero-order valence-electron chi connectivity index (χ0n) is 15.7. The fraction of sp³-hybridized carbons (Fsp3) is 0.455. The molecule has 144 valence electrons. The Kier molecular flexibility index (Phi) is 5.62. The maximum absolute atomic E-state index is 12.8. The number of sulfone groups is 1. The van der Waals surface area contributed by atoms with E-state index in [0.29, 0.717) is 18.8 Å². The molecule has 2 saturated heterocycles. The first kappa shape index (κ1) is 18.7. The topological polar surface area (TPSA) is 40.6 Å². The van der Waals surface area contributed by atoms with Crippen molar-refractivity contribution in [1.82, 2.24) is 9.80 Å². The third kappa shape index (κ3) is 4.42. The molecule has 27 heavy (non-hydrogen) atoms. The lowest BCUT2D eigenvalue weighted by atomic mass is 10.0. The summed E-state index contributed by atoms with van der Waals surface area (Å²) in [5, 5.41) is -0.250. The van der Waals surface area contributed by atoms with Crippen LogP contribution in [0, 0.1) is 0 Å². The summed E-state index contributed by atoms with van der Waals surface area (Å²) in [6.45, 7) is 4.08. The van der Waals surface area contributed by atoms with E-state index in [0.717, 1.165) is 32.5 Å². The molecule has 2 atom stereocenters. The largest absolute Gasteiger partial charge is 0.298 e. The number of hydrogen-bond donors (Lipinski definition) is 0. The summed E-state index contributed by atoms with van der Waals surface area (Å²) in [6, 6.07) is 21.0. The average molecular weight is 385 g/mol. The van der Waals surface area contributed by atoms with E-state index in [1.165, 1.54) is 11.1 Å². The van der Waals surface area contributed by atoms with E-state index in [-0.39, 0.29) is 11.3 Å². The van der Waals surface area contributed by atoms with Gasteiger partial charge < -0.3 is 0 Å². The molecule has 2 aromatic carbocycles. The van der Waals surface area contributed by atoms with Crippen LogP contribution < -0.4 is 0 Å². The Morgan fingerprint density at radius 2 is 1.56 bits per heavy atom. The van der Waals surface area contributed by atoms with Crippen molar-refractivity contribution in [2.45, 2.75) is 30.7 Å².